The summed E-state index contributed by atoms with van der Waals surface area (Å²) in [5.41, 5.74) is 3.10. The van der Waals surface area contributed by atoms with Gasteiger partial charge >= 0.3 is 5.97 Å². The van der Waals surface area contributed by atoms with Crippen LogP contribution in [0.1, 0.15) is 42.4 Å². The Morgan fingerprint density at radius 1 is 1.08 bits per heavy atom. The lowest BCUT2D eigenvalue weighted by Crippen LogP contribution is -2.38. The molecule has 24 heavy (non-hydrogen) atoms. The molecular weight excluding hydrogens is 302 g/mol. The van der Waals surface area contributed by atoms with E-state index in [9.17, 15) is 14.7 Å². The number of aliphatic carboxylic acids is 1. The fourth-order valence-corrected chi connectivity index (χ4v) is 4.56. The lowest BCUT2D eigenvalue weighted by atomic mass is 9.91. The van der Waals surface area contributed by atoms with Crippen molar-refractivity contribution in [2.24, 2.45) is 17.8 Å². The van der Waals surface area contributed by atoms with Crippen molar-refractivity contribution in [1.82, 2.24) is 4.90 Å². The van der Waals surface area contributed by atoms with Gasteiger partial charge in [-0.15, -0.1) is 0 Å². The Hall–Kier alpha value is -1.84. The molecule has 128 valence electrons. The SMILES string of the molecule is Cc1cc(C)cc(C2(C(=O)N3C[C@H](C(=O)O)[C@@H](C4CC4)C3)CC2)c1. The highest BCUT2D eigenvalue weighted by Crippen LogP contribution is 2.52. The Morgan fingerprint density at radius 2 is 1.71 bits per heavy atom. The first-order chi connectivity index (χ1) is 11.4. The average Bonchev–Trinajstić information content (AvgIpc) is 3.43. The van der Waals surface area contributed by atoms with Crippen molar-refractivity contribution >= 4 is 11.9 Å². The molecule has 4 nitrogen and oxygen atoms in total. The van der Waals surface area contributed by atoms with Gasteiger partial charge in [0.1, 0.15) is 0 Å². The number of aryl methyl sites for hydroxylation is 2. The van der Waals surface area contributed by atoms with Crippen LogP contribution in [0.5, 0.6) is 0 Å². The minimum atomic E-state index is -0.738. The molecule has 0 bridgehead atoms. The molecular formula is C20H25NO3. The second-order valence-electron chi connectivity index (χ2n) is 8.11. The van der Waals surface area contributed by atoms with E-state index in [1.807, 2.05) is 4.90 Å². The molecule has 3 aliphatic rings. The average molecular weight is 327 g/mol. The zero-order chi connectivity index (χ0) is 17.1. The monoisotopic (exact) mass is 327 g/mol. The van der Waals surface area contributed by atoms with Gasteiger partial charge in [-0.2, -0.15) is 0 Å². The van der Waals surface area contributed by atoms with Gasteiger partial charge in [0.2, 0.25) is 5.91 Å². The van der Waals surface area contributed by atoms with E-state index < -0.39 is 11.4 Å². The third-order valence-corrected chi connectivity index (χ3v) is 6.13. The number of rotatable bonds is 4. The second kappa shape index (κ2) is 5.33. The highest BCUT2D eigenvalue weighted by Gasteiger charge is 2.56. The molecule has 0 aromatic heterocycles. The second-order valence-corrected chi connectivity index (χ2v) is 8.11. The van der Waals surface area contributed by atoms with Gasteiger partial charge < -0.3 is 10.0 Å². The van der Waals surface area contributed by atoms with Crippen molar-refractivity contribution in [2.45, 2.75) is 44.9 Å². The summed E-state index contributed by atoms with van der Waals surface area (Å²) in [5, 5.41) is 9.53. The highest BCUT2D eigenvalue weighted by molar-refractivity contribution is 5.92. The third-order valence-electron chi connectivity index (χ3n) is 6.13. The van der Waals surface area contributed by atoms with Gasteiger partial charge in [0, 0.05) is 13.1 Å². The molecule has 1 amide bonds. The number of hydrogen-bond acceptors (Lipinski definition) is 2. The number of nitrogens with zero attached hydrogens (tertiary/aromatic N) is 1. The number of carboxylic acid groups (broad SMARTS) is 1. The van der Waals surface area contributed by atoms with E-state index in [-0.39, 0.29) is 17.7 Å². The van der Waals surface area contributed by atoms with E-state index in [4.69, 9.17) is 0 Å². The lowest BCUT2D eigenvalue weighted by molar-refractivity contribution is -0.142. The summed E-state index contributed by atoms with van der Waals surface area (Å²) in [6.07, 6.45) is 4.02. The molecule has 1 aliphatic heterocycles. The van der Waals surface area contributed by atoms with Crippen molar-refractivity contribution in [2.75, 3.05) is 13.1 Å². The predicted molar refractivity (Wildman–Crippen MR) is 90.7 cm³/mol. The Labute approximate surface area is 142 Å². The summed E-state index contributed by atoms with van der Waals surface area (Å²) >= 11 is 0. The number of amides is 1. The van der Waals surface area contributed by atoms with Crippen molar-refractivity contribution in [3.8, 4) is 0 Å². The van der Waals surface area contributed by atoms with E-state index in [1.54, 1.807) is 0 Å². The van der Waals surface area contributed by atoms with Crippen molar-refractivity contribution in [1.29, 1.82) is 0 Å². The first-order valence-corrected chi connectivity index (χ1v) is 9.02. The van der Waals surface area contributed by atoms with Gasteiger partial charge in [0.25, 0.3) is 0 Å². The molecule has 0 radical (unpaired) electrons. The zero-order valence-corrected chi connectivity index (χ0v) is 14.4. The number of benzene rings is 1. The van der Waals surface area contributed by atoms with E-state index in [0.717, 1.165) is 31.2 Å². The van der Waals surface area contributed by atoms with Crippen molar-refractivity contribution in [3.63, 3.8) is 0 Å². The van der Waals surface area contributed by atoms with Crippen LogP contribution in [0.15, 0.2) is 18.2 Å². The predicted octanol–water partition coefficient (Wildman–Crippen LogP) is 2.90. The molecule has 2 saturated carbocycles. The maximum atomic E-state index is 13.2. The maximum Gasteiger partial charge on any atom is 0.308 e. The molecule has 1 heterocycles. The van der Waals surface area contributed by atoms with Gasteiger partial charge in [-0.05, 0) is 56.9 Å². The quantitative estimate of drug-likeness (QED) is 0.925. The number of likely N-dealkylation sites (tertiary alicyclic amines) is 1. The number of carboxylic acids is 1. The number of hydrogen-bond donors (Lipinski definition) is 1. The van der Waals surface area contributed by atoms with Crippen molar-refractivity contribution in [3.05, 3.63) is 34.9 Å². The van der Waals surface area contributed by atoms with Crippen molar-refractivity contribution < 1.29 is 14.7 Å². The number of carbonyl (C=O) groups is 2. The third kappa shape index (κ3) is 2.52. The highest BCUT2D eigenvalue weighted by atomic mass is 16.4. The Bertz CT molecular complexity index is 683. The Kier molecular flexibility index (Phi) is 3.48. The smallest absolute Gasteiger partial charge is 0.308 e. The zero-order valence-electron chi connectivity index (χ0n) is 14.4. The van der Waals surface area contributed by atoms with E-state index >= 15 is 0 Å². The minimum absolute atomic E-state index is 0.154. The topological polar surface area (TPSA) is 57.6 Å². The van der Waals surface area contributed by atoms with Crippen LogP contribution in [0.3, 0.4) is 0 Å². The summed E-state index contributed by atoms with van der Waals surface area (Å²) in [6, 6.07) is 6.38. The van der Waals surface area contributed by atoms with Gasteiger partial charge in [0.05, 0.1) is 11.3 Å². The van der Waals surface area contributed by atoms with Crippen LogP contribution in [-0.4, -0.2) is 35.0 Å². The molecule has 1 N–H and O–H groups in total. The van der Waals surface area contributed by atoms with Crippen LogP contribution in [0.4, 0.5) is 0 Å². The van der Waals surface area contributed by atoms with Gasteiger partial charge in [-0.1, -0.05) is 29.3 Å². The molecule has 4 rings (SSSR count). The van der Waals surface area contributed by atoms with Crippen LogP contribution in [-0.2, 0) is 15.0 Å². The lowest BCUT2D eigenvalue weighted by Gasteiger charge is -2.24. The Morgan fingerprint density at radius 3 is 2.21 bits per heavy atom. The molecule has 2 atom stereocenters. The molecule has 3 fully saturated rings. The molecule has 1 aromatic carbocycles. The summed E-state index contributed by atoms with van der Waals surface area (Å²) < 4.78 is 0. The van der Waals surface area contributed by atoms with Crippen LogP contribution < -0.4 is 0 Å². The summed E-state index contributed by atoms with van der Waals surface area (Å²) in [4.78, 5) is 26.7. The van der Waals surface area contributed by atoms with Crippen LogP contribution >= 0.6 is 0 Å². The first-order valence-electron chi connectivity index (χ1n) is 9.02. The molecule has 0 spiro atoms. The fourth-order valence-electron chi connectivity index (χ4n) is 4.56. The summed E-state index contributed by atoms with van der Waals surface area (Å²) in [5.74, 6) is -0.293. The molecule has 1 aromatic rings. The van der Waals surface area contributed by atoms with Gasteiger partial charge in [-0.25, -0.2) is 0 Å². The first kappa shape index (κ1) is 15.7. The normalized spacial score (nSPS) is 28.0. The summed E-state index contributed by atoms with van der Waals surface area (Å²) in [6.45, 7) is 5.15. The van der Waals surface area contributed by atoms with E-state index in [2.05, 4.69) is 32.0 Å². The van der Waals surface area contributed by atoms with E-state index in [1.165, 1.54) is 11.1 Å². The van der Waals surface area contributed by atoms with Crippen LogP contribution in [0.25, 0.3) is 0 Å². The van der Waals surface area contributed by atoms with E-state index in [0.29, 0.717) is 19.0 Å². The molecule has 1 saturated heterocycles. The van der Waals surface area contributed by atoms with Gasteiger partial charge in [-0.3, -0.25) is 9.59 Å². The molecule has 2 aliphatic carbocycles. The maximum absolute atomic E-state index is 13.2. The van der Waals surface area contributed by atoms with Crippen LogP contribution in [0, 0.1) is 31.6 Å². The fraction of sp³-hybridized carbons (Fsp3) is 0.600. The minimum Gasteiger partial charge on any atom is -0.481 e. The standard InChI is InChI=1S/C20H25NO3/c1-12-7-13(2)9-15(8-12)20(5-6-20)19(24)21-10-16(14-3-4-14)17(11-21)18(22)23/h7-9,14,16-17H,3-6,10-11H2,1-2H3,(H,22,23)/t16-,17+/m1/s1. The Balaban J connectivity index is 1.58. The summed E-state index contributed by atoms with van der Waals surface area (Å²) in [7, 11) is 0. The van der Waals surface area contributed by atoms with Gasteiger partial charge in [0.15, 0.2) is 0 Å². The molecule has 4 heteroatoms. The number of carbonyl (C=O) groups excluding carboxylic acids is 1. The molecule has 0 unspecified atom stereocenters. The van der Waals surface area contributed by atoms with Crippen LogP contribution in [0.2, 0.25) is 0 Å². The largest absolute Gasteiger partial charge is 0.481 e.